The zero-order chi connectivity index (χ0) is 16.2. The van der Waals surface area contributed by atoms with Gasteiger partial charge in [0.2, 0.25) is 5.95 Å². The van der Waals surface area contributed by atoms with Crippen LogP contribution in [-0.4, -0.2) is 51.7 Å². The molecule has 124 valence electrons. The maximum Gasteiger partial charge on any atom is 0.410 e. The lowest BCUT2D eigenvalue weighted by Gasteiger charge is -2.35. The molecule has 1 saturated carbocycles. The molecule has 3 aliphatic rings. The van der Waals surface area contributed by atoms with Gasteiger partial charge in [-0.2, -0.15) is 0 Å². The van der Waals surface area contributed by atoms with Gasteiger partial charge < -0.3 is 14.5 Å². The third-order valence-electron chi connectivity index (χ3n) is 4.83. The van der Waals surface area contributed by atoms with Crippen molar-refractivity contribution in [2.24, 2.45) is 0 Å². The fourth-order valence-electron chi connectivity index (χ4n) is 3.56. The topological polar surface area (TPSA) is 58.6 Å². The lowest BCUT2D eigenvalue weighted by molar-refractivity contribution is 0.0214. The number of nitrogens with zero attached hydrogens (tertiary/aromatic N) is 4. The highest BCUT2D eigenvalue weighted by atomic mass is 16.6. The maximum absolute atomic E-state index is 12.3. The van der Waals surface area contributed by atoms with Crippen LogP contribution in [-0.2, 0) is 4.74 Å². The second kappa shape index (κ2) is 5.08. The Bertz CT molecular complexity index is 606. The van der Waals surface area contributed by atoms with E-state index in [2.05, 4.69) is 14.9 Å². The summed E-state index contributed by atoms with van der Waals surface area (Å²) in [6.45, 7) is 7.21. The van der Waals surface area contributed by atoms with E-state index in [0.717, 1.165) is 18.9 Å². The molecule has 3 heterocycles. The van der Waals surface area contributed by atoms with Crippen molar-refractivity contribution in [3.63, 3.8) is 0 Å². The molecule has 0 N–H and O–H groups in total. The lowest BCUT2D eigenvalue weighted by Crippen LogP contribution is -2.50. The number of carbonyl (C=O) groups excluding carboxylic acids is 1. The quantitative estimate of drug-likeness (QED) is 0.839. The summed E-state index contributed by atoms with van der Waals surface area (Å²) in [5.74, 6) is 1.48. The van der Waals surface area contributed by atoms with Gasteiger partial charge >= 0.3 is 6.09 Å². The van der Waals surface area contributed by atoms with Gasteiger partial charge in [-0.05, 0) is 51.5 Å². The number of fused-ring (bicyclic) bond motifs is 2. The fraction of sp³-hybridized carbons (Fsp3) is 0.706. The molecular weight excluding hydrogens is 292 g/mol. The van der Waals surface area contributed by atoms with Crippen molar-refractivity contribution in [3.8, 4) is 0 Å². The van der Waals surface area contributed by atoms with Crippen LogP contribution in [0.4, 0.5) is 10.7 Å². The summed E-state index contributed by atoms with van der Waals surface area (Å²) >= 11 is 0. The molecule has 3 fully saturated rings. The number of hydrogen-bond donors (Lipinski definition) is 0. The Hall–Kier alpha value is -1.85. The van der Waals surface area contributed by atoms with Crippen molar-refractivity contribution >= 4 is 12.0 Å². The monoisotopic (exact) mass is 316 g/mol. The highest BCUT2D eigenvalue weighted by molar-refractivity contribution is 5.70. The third kappa shape index (κ3) is 2.86. The van der Waals surface area contributed by atoms with Crippen molar-refractivity contribution in [2.75, 3.05) is 18.0 Å². The van der Waals surface area contributed by atoms with Crippen molar-refractivity contribution < 1.29 is 9.53 Å². The van der Waals surface area contributed by atoms with Crippen LogP contribution in [0, 0.1) is 0 Å². The maximum atomic E-state index is 12.3. The van der Waals surface area contributed by atoms with Crippen LogP contribution in [0.3, 0.4) is 0 Å². The number of piperazine rings is 1. The van der Waals surface area contributed by atoms with Gasteiger partial charge in [-0.3, -0.25) is 0 Å². The number of rotatable bonds is 2. The Balaban J connectivity index is 1.41. The van der Waals surface area contributed by atoms with Gasteiger partial charge in [0.25, 0.3) is 0 Å². The molecule has 0 spiro atoms. The van der Waals surface area contributed by atoms with E-state index in [1.54, 1.807) is 0 Å². The molecule has 2 atom stereocenters. The molecule has 6 nitrogen and oxygen atoms in total. The Morgan fingerprint density at radius 2 is 1.87 bits per heavy atom. The van der Waals surface area contributed by atoms with Crippen LogP contribution in [0.25, 0.3) is 0 Å². The van der Waals surface area contributed by atoms with Crippen LogP contribution in [0.15, 0.2) is 12.4 Å². The van der Waals surface area contributed by atoms with E-state index in [9.17, 15) is 4.79 Å². The SMILES string of the molecule is CC(C)(C)OC(=O)N1CC2CC1CN2c1ncc(C2CC2)cn1. The van der Waals surface area contributed by atoms with Crippen LogP contribution >= 0.6 is 0 Å². The summed E-state index contributed by atoms with van der Waals surface area (Å²) < 4.78 is 5.50. The normalized spacial score (nSPS) is 26.7. The first-order chi connectivity index (χ1) is 10.9. The van der Waals surface area contributed by atoms with Gasteiger partial charge in [0.05, 0.1) is 12.1 Å². The van der Waals surface area contributed by atoms with E-state index >= 15 is 0 Å². The molecule has 1 amide bonds. The first-order valence-electron chi connectivity index (χ1n) is 8.49. The van der Waals surface area contributed by atoms with Crippen LogP contribution in [0.2, 0.25) is 0 Å². The van der Waals surface area contributed by atoms with Gasteiger partial charge in [-0.25, -0.2) is 14.8 Å². The number of ether oxygens (including phenoxy) is 1. The van der Waals surface area contributed by atoms with E-state index in [-0.39, 0.29) is 12.1 Å². The second-order valence-corrected chi connectivity index (χ2v) is 7.92. The molecule has 2 saturated heterocycles. The average Bonchev–Trinajstić information content (AvgIpc) is 3.14. The lowest BCUT2D eigenvalue weighted by atomic mass is 10.2. The number of hydrogen-bond acceptors (Lipinski definition) is 5. The molecule has 6 heteroatoms. The Morgan fingerprint density at radius 1 is 1.17 bits per heavy atom. The zero-order valence-electron chi connectivity index (χ0n) is 14.0. The van der Waals surface area contributed by atoms with E-state index in [1.807, 2.05) is 38.1 Å². The molecule has 4 rings (SSSR count). The second-order valence-electron chi connectivity index (χ2n) is 7.92. The first-order valence-corrected chi connectivity index (χ1v) is 8.49. The molecule has 2 unspecified atom stereocenters. The molecule has 1 aromatic rings. The summed E-state index contributed by atoms with van der Waals surface area (Å²) in [4.78, 5) is 25.5. The summed E-state index contributed by atoms with van der Waals surface area (Å²) in [6, 6.07) is 0.515. The van der Waals surface area contributed by atoms with E-state index in [4.69, 9.17) is 4.74 Å². The minimum atomic E-state index is -0.444. The molecule has 1 aromatic heterocycles. The zero-order valence-corrected chi connectivity index (χ0v) is 14.0. The van der Waals surface area contributed by atoms with E-state index in [1.165, 1.54) is 18.4 Å². The van der Waals surface area contributed by atoms with Gasteiger partial charge in [-0.15, -0.1) is 0 Å². The van der Waals surface area contributed by atoms with E-state index < -0.39 is 5.60 Å². The summed E-state index contributed by atoms with van der Waals surface area (Å²) in [6.07, 6.45) is 7.25. The van der Waals surface area contributed by atoms with Gasteiger partial charge in [0, 0.05) is 25.5 Å². The molecule has 0 aromatic carbocycles. The minimum Gasteiger partial charge on any atom is -0.444 e. The van der Waals surface area contributed by atoms with Crippen LogP contribution in [0.1, 0.15) is 51.5 Å². The van der Waals surface area contributed by atoms with Crippen LogP contribution < -0.4 is 4.90 Å². The fourth-order valence-corrected chi connectivity index (χ4v) is 3.56. The highest BCUT2D eigenvalue weighted by Crippen LogP contribution is 2.40. The first kappa shape index (κ1) is 14.7. The van der Waals surface area contributed by atoms with Crippen molar-refractivity contribution in [1.82, 2.24) is 14.9 Å². The molecule has 23 heavy (non-hydrogen) atoms. The summed E-state index contributed by atoms with van der Waals surface area (Å²) in [5.41, 5.74) is 0.814. The van der Waals surface area contributed by atoms with Crippen molar-refractivity contribution in [1.29, 1.82) is 0 Å². The molecule has 1 aliphatic carbocycles. The minimum absolute atomic E-state index is 0.199. The smallest absolute Gasteiger partial charge is 0.410 e. The predicted molar refractivity (Wildman–Crippen MR) is 86.5 cm³/mol. The van der Waals surface area contributed by atoms with Gasteiger partial charge in [0.1, 0.15) is 5.60 Å². The standard InChI is InChI=1S/C17H24N4O2/c1-17(2,3)23-16(22)21-10-13-6-14(21)9-20(13)15-18-7-12(8-19-15)11-4-5-11/h7-8,11,13-14H,4-6,9-10H2,1-3H3. The average molecular weight is 316 g/mol. The van der Waals surface area contributed by atoms with Crippen LogP contribution in [0.5, 0.6) is 0 Å². The van der Waals surface area contributed by atoms with Crippen molar-refractivity contribution in [3.05, 3.63) is 18.0 Å². The largest absolute Gasteiger partial charge is 0.444 e. The number of likely N-dealkylation sites (tertiary alicyclic amines) is 1. The number of aromatic nitrogens is 2. The molecular formula is C17H24N4O2. The highest BCUT2D eigenvalue weighted by Gasteiger charge is 2.47. The Labute approximate surface area is 136 Å². The number of amides is 1. The summed E-state index contributed by atoms with van der Waals surface area (Å²) in [7, 11) is 0. The molecule has 2 aliphatic heterocycles. The van der Waals surface area contributed by atoms with Crippen molar-refractivity contribution in [2.45, 2.75) is 63.6 Å². The van der Waals surface area contributed by atoms with Gasteiger partial charge in [-0.1, -0.05) is 0 Å². The summed E-state index contributed by atoms with van der Waals surface area (Å²) in [5, 5.41) is 0. The number of anilines is 1. The third-order valence-corrected chi connectivity index (χ3v) is 4.83. The molecule has 0 radical (unpaired) electrons. The van der Waals surface area contributed by atoms with E-state index in [0.29, 0.717) is 18.5 Å². The Morgan fingerprint density at radius 3 is 2.39 bits per heavy atom. The number of carbonyl (C=O) groups is 1. The predicted octanol–water partition coefficient (Wildman–Crippen LogP) is 2.55. The molecule has 2 bridgehead atoms. The van der Waals surface area contributed by atoms with Gasteiger partial charge in [0.15, 0.2) is 0 Å². The Kier molecular flexibility index (Phi) is 3.25.